The van der Waals surface area contributed by atoms with Crippen LogP contribution in [0.3, 0.4) is 0 Å². The molecule has 2 rings (SSSR count). The Hall–Kier alpha value is -0.900. The molecule has 1 amide bonds. The molecule has 0 aromatic heterocycles. The van der Waals surface area contributed by atoms with Crippen molar-refractivity contribution in [2.45, 2.75) is 25.7 Å². The highest BCUT2D eigenvalue weighted by Crippen LogP contribution is 2.14. The molecule has 0 spiro atoms. The van der Waals surface area contributed by atoms with Gasteiger partial charge in [-0.3, -0.25) is 9.79 Å². The molecule has 14 heavy (non-hydrogen) atoms. The van der Waals surface area contributed by atoms with E-state index in [4.69, 9.17) is 0 Å². The number of fused-ring (bicyclic) bond motifs is 1. The predicted octanol–water partition coefficient (Wildman–Crippen LogP) is 0.391. The maximum atomic E-state index is 11.5. The topological polar surface area (TPSA) is 44.7 Å². The van der Waals surface area contributed by atoms with E-state index in [1.807, 2.05) is 4.90 Å². The van der Waals surface area contributed by atoms with Crippen molar-refractivity contribution in [2.24, 2.45) is 4.99 Å². The molecule has 2 heterocycles. The van der Waals surface area contributed by atoms with E-state index >= 15 is 0 Å². The average molecular weight is 195 g/mol. The van der Waals surface area contributed by atoms with Gasteiger partial charge in [-0.05, 0) is 25.9 Å². The third-order valence-electron chi connectivity index (χ3n) is 2.72. The number of nitrogens with zero attached hydrogens (tertiary/aromatic N) is 2. The van der Waals surface area contributed by atoms with Gasteiger partial charge in [0.25, 0.3) is 0 Å². The summed E-state index contributed by atoms with van der Waals surface area (Å²) in [6.07, 6.45) is 3.62. The summed E-state index contributed by atoms with van der Waals surface area (Å²) in [5.41, 5.74) is 0. The van der Waals surface area contributed by atoms with Crippen LogP contribution in [0.4, 0.5) is 0 Å². The van der Waals surface area contributed by atoms with Crippen LogP contribution in [0.25, 0.3) is 0 Å². The maximum absolute atomic E-state index is 11.5. The highest BCUT2D eigenvalue weighted by atomic mass is 16.2. The van der Waals surface area contributed by atoms with Crippen molar-refractivity contribution >= 4 is 11.7 Å². The lowest BCUT2D eigenvalue weighted by Gasteiger charge is -2.18. The second kappa shape index (κ2) is 4.55. The van der Waals surface area contributed by atoms with E-state index in [9.17, 15) is 4.79 Å². The SMILES string of the molecule is O=C1CCC2=NCCCNCCCN12. The molecule has 0 unspecified atom stereocenters. The first-order valence-electron chi connectivity index (χ1n) is 5.42. The van der Waals surface area contributed by atoms with Gasteiger partial charge in [-0.15, -0.1) is 0 Å². The zero-order chi connectivity index (χ0) is 9.80. The molecule has 1 fully saturated rings. The average Bonchev–Trinajstić information content (AvgIpc) is 2.55. The molecule has 1 N–H and O–H groups in total. The lowest BCUT2D eigenvalue weighted by atomic mass is 10.3. The van der Waals surface area contributed by atoms with Crippen molar-refractivity contribution in [3.8, 4) is 0 Å². The smallest absolute Gasteiger partial charge is 0.228 e. The second-order valence-corrected chi connectivity index (χ2v) is 3.80. The van der Waals surface area contributed by atoms with Gasteiger partial charge in [0.2, 0.25) is 5.91 Å². The van der Waals surface area contributed by atoms with Crippen molar-refractivity contribution in [3.05, 3.63) is 0 Å². The van der Waals surface area contributed by atoms with E-state index in [1.165, 1.54) is 0 Å². The minimum atomic E-state index is 0.254. The van der Waals surface area contributed by atoms with Crippen LogP contribution in [0, 0.1) is 0 Å². The maximum Gasteiger partial charge on any atom is 0.228 e. The van der Waals surface area contributed by atoms with Crippen LogP contribution >= 0.6 is 0 Å². The van der Waals surface area contributed by atoms with Crippen LogP contribution in [0.5, 0.6) is 0 Å². The zero-order valence-electron chi connectivity index (χ0n) is 8.46. The molecule has 1 saturated heterocycles. The monoisotopic (exact) mass is 195 g/mol. The number of amidine groups is 1. The van der Waals surface area contributed by atoms with Crippen molar-refractivity contribution in [1.29, 1.82) is 0 Å². The van der Waals surface area contributed by atoms with E-state index < -0.39 is 0 Å². The fourth-order valence-corrected chi connectivity index (χ4v) is 1.95. The van der Waals surface area contributed by atoms with Gasteiger partial charge in [0.1, 0.15) is 5.84 Å². The molecular weight excluding hydrogens is 178 g/mol. The molecule has 0 bridgehead atoms. The minimum Gasteiger partial charge on any atom is -0.317 e. The van der Waals surface area contributed by atoms with Gasteiger partial charge in [-0.1, -0.05) is 0 Å². The summed E-state index contributed by atoms with van der Waals surface area (Å²) in [5, 5.41) is 3.34. The lowest BCUT2D eigenvalue weighted by Crippen LogP contribution is -2.33. The van der Waals surface area contributed by atoms with E-state index in [0.29, 0.717) is 6.42 Å². The molecule has 0 aliphatic carbocycles. The molecule has 4 nitrogen and oxygen atoms in total. The molecule has 4 heteroatoms. The molecule has 2 aliphatic rings. The van der Waals surface area contributed by atoms with E-state index in [0.717, 1.165) is 51.3 Å². The Morgan fingerprint density at radius 3 is 3.00 bits per heavy atom. The van der Waals surface area contributed by atoms with Gasteiger partial charge in [0.15, 0.2) is 0 Å². The number of hydrogen-bond acceptors (Lipinski definition) is 3. The number of rotatable bonds is 0. The number of hydrogen-bond donors (Lipinski definition) is 1. The van der Waals surface area contributed by atoms with E-state index in [1.54, 1.807) is 0 Å². The normalized spacial score (nSPS) is 24.4. The third kappa shape index (κ3) is 2.12. The fourth-order valence-electron chi connectivity index (χ4n) is 1.95. The zero-order valence-corrected chi connectivity index (χ0v) is 8.46. The Kier molecular flexibility index (Phi) is 3.14. The summed E-state index contributed by atoms with van der Waals surface area (Å²) >= 11 is 0. The number of amides is 1. The first-order chi connectivity index (χ1) is 6.88. The molecule has 0 atom stereocenters. The second-order valence-electron chi connectivity index (χ2n) is 3.80. The highest BCUT2D eigenvalue weighted by molar-refractivity contribution is 6.04. The summed E-state index contributed by atoms with van der Waals surface area (Å²) in [7, 11) is 0. The molecule has 0 aromatic rings. The van der Waals surface area contributed by atoms with Crippen molar-refractivity contribution in [3.63, 3.8) is 0 Å². The first-order valence-corrected chi connectivity index (χ1v) is 5.42. The number of carbonyl (C=O) groups is 1. The van der Waals surface area contributed by atoms with Gasteiger partial charge in [-0.25, -0.2) is 0 Å². The summed E-state index contributed by atoms with van der Waals surface area (Å²) in [5.74, 6) is 1.28. The van der Waals surface area contributed by atoms with Crippen LogP contribution in [0.2, 0.25) is 0 Å². The number of aliphatic imine (C=N–C) groups is 1. The highest BCUT2D eigenvalue weighted by Gasteiger charge is 2.26. The van der Waals surface area contributed by atoms with Crippen molar-refractivity contribution in [2.75, 3.05) is 26.2 Å². The molecule has 0 saturated carbocycles. The number of carbonyl (C=O) groups excluding carboxylic acids is 1. The lowest BCUT2D eigenvalue weighted by molar-refractivity contribution is -0.125. The number of nitrogens with one attached hydrogen (secondary N) is 1. The fraction of sp³-hybridized carbons (Fsp3) is 0.800. The standard InChI is InChI=1S/C10H17N3O/c14-10-4-3-9-12-7-1-5-11-6-2-8-13(9)10/h11H,1-8H2. The van der Waals surface area contributed by atoms with Gasteiger partial charge >= 0.3 is 0 Å². The Bertz CT molecular complexity index is 250. The van der Waals surface area contributed by atoms with E-state index in [-0.39, 0.29) is 5.91 Å². The van der Waals surface area contributed by atoms with Crippen LogP contribution in [0.1, 0.15) is 25.7 Å². The Balaban J connectivity index is 2.04. The van der Waals surface area contributed by atoms with Gasteiger partial charge in [-0.2, -0.15) is 0 Å². The van der Waals surface area contributed by atoms with Crippen LogP contribution in [0.15, 0.2) is 4.99 Å². The van der Waals surface area contributed by atoms with Crippen LogP contribution in [-0.4, -0.2) is 42.8 Å². The Morgan fingerprint density at radius 1 is 1.21 bits per heavy atom. The van der Waals surface area contributed by atoms with Crippen LogP contribution in [-0.2, 0) is 4.79 Å². The summed E-state index contributed by atoms with van der Waals surface area (Å²) in [6.45, 7) is 3.75. The van der Waals surface area contributed by atoms with E-state index in [2.05, 4.69) is 10.3 Å². The predicted molar refractivity (Wildman–Crippen MR) is 55.4 cm³/mol. The Morgan fingerprint density at radius 2 is 2.07 bits per heavy atom. The molecule has 2 aliphatic heterocycles. The Labute approximate surface area is 84.4 Å². The van der Waals surface area contributed by atoms with Crippen LogP contribution < -0.4 is 5.32 Å². The quantitative estimate of drug-likeness (QED) is 0.607. The summed E-state index contributed by atoms with van der Waals surface area (Å²) in [6, 6.07) is 0. The summed E-state index contributed by atoms with van der Waals surface area (Å²) < 4.78 is 0. The molecule has 78 valence electrons. The third-order valence-corrected chi connectivity index (χ3v) is 2.72. The van der Waals surface area contributed by atoms with Crippen molar-refractivity contribution < 1.29 is 4.79 Å². The largest absolute Gasteiger partial charge is 0.317 e. The molecule has 0 aromatic carbocycles. The first kappa shape index (κ1) is 9.65. The van der Waals surface area contributed by atoms with Gasteiger partial charge in [0, 0.05) is 25.9 Å². The minimum absolute atomic E-state index is 0.254. The van der Waals surface area contributed by atoms with Gasteiger partial charge in [0.05, 0.1) is 0 Å². The molecule has 0 radical (unpaired) electrons. The van der Waals surface area contributed by atoms with Gasteiger partial charge < -0.3 is 10.2 Å². The summed E-state index contributed by atoms with van der Waals surface area (Å²) in [4.78, 5) is 17.8. The molecular formula is C10H17N3O. The van der Waals surface area contributed by atoms with Crippen molar-refractivity contribution in [1.82, 2.24) is 10.2 Å².